The minimum Gasteiger partial charge on any atom is -0.465 e. The van der Waals surface area contributed by atoms with Gasteiger partial charge in [-0.05, 0) is 25.2 Å². The molecule has 1 aliphatic heterocycles. The van der Waals surface area contributed by atoms with Crippen molar-refractivity contribution in [1.29, 1.82) is 0 Å². The second kappa shape index (κ2) is 3.53. The molecule has 0 spiro atoms. The number of fused-ring (bicyclic) bond motifs is 1. The molecule has 76 valence electrons. The van der Waals surface area contributed by atoms with E-state index < -0.39 is 6.09 Å². The average molecular weight is 193 g/mol. The number of carbonyl (C=O) groups is 1. The van der Waals surface area contributed by atoms with E-state index in [2.05, 4.69) is 5.92 Å². The molecule has 3 nitrogen and oxygen atoms in total. The third-order valence-corrected chi connectivity index (χ3v) is 3.50. The minimum atomic E-state index is -0.845. The van der Waals surface area contributed by atoms with Crippen molar-refractivity contribution in [2.45, 2.75) is 44.2 Å². The molecule has 1 saturated carbocycles. The van der Waals surface area contributed by atoms with Crippen molar-refractivity contribution < 1.29 is 9.90 Å². The molecular weight excluding hydrogens is 178 g/mol. The first-order valence-electron chi connectivity index (χ1n) is 5.21. The zero-order valence-electron chi connectivity index (χ0n) is 8.15. The zero-order chi connectivity index (χ0) is 10.1. The van der Waals surface area contributed by atoms with Gasteiger partial charge in [-0.2, -0.15) is 0 Å². The van der Waals surface area contributed by atoms with Crippen LogP contribution in [0.1, 0.15) is 32.1 Å². The van der Waals surface area contributed by atoms with E-state index >= 15 is 0 Å². The van der Waals surface area contributed by atoms with Crippen LogP contribution in [0.15, 0.2) is 0 Å². The van der Waals surface area contributed by atoms with Gasteiger partial charge in [0.15, 0.2) is 0 Å². The number of amides is 1. The van der Waals surface area contributed by atoms with Crippen molar-refractivity contribution in [3.63, 3.8) is 0 Å². The van der Waals surface area contributed by atoms with Gasteiger partial charge in [0.25, 0.3) is 0 Å². The highest BCUT2D eigenvalue weighted by atomic mass is 16.4. The molecule has 0 aromatic carbocycles. The Morgan fingerprint density at radius 2 is 2.14 bits per heavy atom. The van der Waals surface area contributed by atoms with Gasteiger partial charge in [0.05, 0.1) is 6.04 Å². The Labute approximate surface area is 84.1 Å². The number of likely N-dealkylation sites (tertiary alicyclic amines) is 1. The van der Waals surface area contributed by atoms with E-state index in [9.17, 15) is 4.79 Å². The van der Waals surface area contributed by atoms with Crippen LogP contribution in [0.5, 0.6) is 0 Å². The minimum absolute atomic E-state index is 0.180. The highest BCUT2D eigenvalue weighted by Gasteiger charge is 2.43. The first-order chi connectivity index (χ1) is 6.74. The molecule has 1 amide bonds. The Bertz CT molecular complexity index is 282. The molecule has 1 aliphatic carbocycles. The van der Waals surface area contributed by atoms with Gasteiger partial charge in [-0.3, -0.25) is 4.90 Å². The first kappa shape index (κ1) is 9.39. The lowest BCUT2D eigenvalue weighted by atomic mass is 9.85. The maximum absolute atomic E-state index is 11.1. The predicted octanol–water partition coefficient (Wildman–Crippen LogP) is 1.93. The molecule has 0 radical (unpaired) electrons. The maximum Gasteiger partial charge on any atom is 0.408 e. The van der Waals surface area contributed by atoms with Gasteiger partial charge in [0.2, 0.25) is 0 Å². The summed E-state index contributed by atoms with van der Waals surface area (Å²) < 4.78 is 0. The van der Waals surface area contributed by atoms with Gasteiger partial charge in [-0.1, -0.05) is 18.8 Å². The van der Waals surface area contributed by atoms with Crippen molar-refractivity contribution in [2.75, 3.05) is 0 Å². The number of nitrogens with zero attached hydrogens (tertiary/aromatic N) is 1. The molecule has 3 atom stereocenters. The van der Waals surface area contributed by atoms with Crippen LogP contribution in [0.2, 0.25) is 0 Å². The summed E-state index contributed by atoms with van der Waals surface area (Å²) in [5.41, 5.74) is 0. The topological polar surface area (TPSA) is 40.5 Å². The van der Waals surface area contributed by atoms with Crippen LogP contribution in [0.4, 0.5) is 4.79 Å². The monoisotopic (exact) mass is 193 g/mol. The summed E-state index contributed by atoms with van der Waals surface area (Å²) >= 11 is 0. The van der Waals surface area contributed by atoms with Crippen molar-refractivity contribution >= 4 is 6.09 Å². The Morgan fingerprint density at radius 1 is 1.43 bits per heavy atom. The molecule has 1 N–H and O–H groups in total. The summed E-state index contributed by atoms with van der Waals surface area (Å²) in [5.74, 6) is 3.11. The highest BCUT2D eigenvalue weighted by Crippen LogP contribution is 2.39. The zero-order valence-corrected chi connectivity index (χ0v) is 8.15. The second-order valence-electron chi connectivity index (χ2n) is 4.22. The van der Waals surface area contributed by atoms with Crippen LogP contribution in [0.25, 0.3) is 0 Å². The van der Waals surface area contributed by atoms with E-state index in [1.54, 1.807) is 0 Å². The number of hydrogen-bond acceptors (Lipinski definition) is 1. The summed E-state index contributed by atoms with van der Waals surface area (Å²) in [4.78, 5) is 12.6. The smallest absolute Gasteiger partial charge is 0.408 e. The molecule has 2 aliphatic rings. The second-order valence-corrected chi connectivity index (χ2v) is 4.22. The molecule has 14 heavy (non-hydrogen) atoms. The fraction of sp³-hybridized carbons (Fsp3) is 0.727. The summed E-state index contributed by atoms with van der Waals surface area (Å²) in [7, 11) is 0. The normalized spacial score (nSPS) is 36.2. The largest absolute Gasteiger partial charge is 0.465 e. The quantitative estimate of drug-likeness (QED) is 0.597. The van der Waals surface area contributed by atoms with Crippen LogP contribution >= 0.6 is 0 Å². The Kier molecular flexibility index (Phi) is 2.37. The van der Waals surface area contributed by atoms with Gasteiger partial charge in [-0.15, -0.1) is 6.42 Å². The van der Waals surface area contributed by atoms with Crippen LogP contribution in [0, 0.1) is 18.3 Å². The Hall–Kier alpha value is -1.17. The van der Waals surface area contributed by atoms with E-state index in [-0.39, 0.29) is 12.1 Å². The van der Waals surface area contributed by atoms with Crippen molar-refractivity contribution in [3.05, 3.63) is 0 Å². The first-order valence-corrected chi connectivity index (χ1v) is 5.21. The molecule has 1 heterocycles. The Morgan fingerprint density at radius 3 is 2.79 bits per heavy atom. The average Bonchev–Trinajstić information content (AvgIpc) is 2.55. The standard InChI is InChI=1S/C11H15NO2/c1-2-9-7-8-5-3-4-6-10(8)12(9)11(13)14/h1,8-10H,3-7H2,(H,13,14). The third-order valence-electron chi connectivity index (χ3n) is 3.50. The lowest BCUT2D eigenvalue weighted by Crippen LogP contribution is -2.41. The maximum atomic E-state index is 11.1. The van der Waals surface area contributed by atoms with Gasteiger partial charge < -0.3 is 5.11 Å². The molecule has 2 rings (SSSR count). The van der Waals surface area contributed by atoms with Gasteiger partial charge in [-0.25, -0.2) is 4.79 Å². The summed E-state index contributed by atoms with van der Waals surface area (Å²) in [5, 5.41) is 9.08. The van der Waals surface area contributed by atoms with E-state index in [0.717, 1.165) is 25.7 Å². The number of rotatable bonds is 0. The fourth-order valence-electron chi connectivity index (χ4n) is 2.88. The SMILES string of the molecule is C#CC1CC2CCCCC2N1C(=O)O. The molecular formula is C11H15NO2. The van der Waals surface area contributed by atoms with Gasteiger partial charge in [0.1, 0.15) is 0 Å². The van der Waals surface area contributed by atoms with Crippen molar-refractivity contribution in [3.8, 4) is 12.3 Å². The molecule has 0 aromatic rings. The van der Waals surface area contributed by atoms with Crippen LogP contribution in [-0.4, -0.2) is 28.2 Å². The molecule has 1 saturated heterocycles. The number of terminal acetylenes is 1. The molecule has 2 fully saturated rings. The highest BCUT2D eigenvalue weighted by molar-refractivity contribution is 5.67. The van der Waals surface area contributed by atoms with Gasteiger partial charge >= 0.3 is 6.09 Å². The fourth-order valence-corrected chi connectivity index (χ4v) is 2.88. The lowest BCUT2D eigenvalue weighted by molar-refractivity contribution is 0.117. The lowest BCUT2D eigenvalue weighted by Gasteiger charge is -2.30. The molecule has 3 unspecified atom stereocenters. The van der Waals surface area contributed by atoms with E-state index in [4.69, 9.17) is 11.5 Å². The summed E-state index contributed by atoms with van der Waals surface area (Å²) in [6, 6.07) is 0.0166. The summed E-state index contributed by atoms with van der Waals surface area (Å²) in [6.45, 7) is 0. The summed E-state index contributed by atoms with van der Waals surface area (Å²) in [6.07, 6.45) is 9.89. The molecule has 3 heteroatoms. The predicted molar refractivity (Wildman–Crippen MR) is 52.8 cm³/mol. The van der Waals surface area contributed by atoms with Crippen LogP contribution < -0.4 is 0 Å². The third kappa shape index (κ3) is 1.35. The van der Waals surface area contributed by atoms with Crippen LogP contribution in [-0.2, 0) is 0 Å². The van der Waals surface area contributed by atoms with E-state index in [0.29, 0.717) is 5.92 Å². The van der Waals surface area contributed by atoms with Gasteiger partial charge in [0, 0.05) is 6.04 Å². The number of carboxylic acid groups (broad SMARTS) is 1. The van der Waals surface area contributed by atoms with Crippen LogP contribution in [0.3, 0.4) is 0 Å². The molecule has 0 bridgehead atoms. The van der Waals surface area contributed by atoms with E-state index in [1.807, 2.05) is 0 Å². The Balaban J connectivity index is 2.19. The number of hydrogen-bond donors (Lipinski definition) is 1. The van der Waals surface area contributed by atoms with E-state index in [1.165, 1.54) is 11.3 Å². The van der Waals surface area contributed by atoms with Crippen molar-refractivity contribution in [2.24, 2.45) is 5.92 Å². The molecule has 0 aromatic heterocycles. The van der Waals surface area contributed by atoms with Crippen molar-refractivity contribution in [1.82, 2.24) is 4.90 Å².